The van der Waals surface area contributed by atoms with Gasteiger partial charge in [-0.3, -0.25) is 0 Å². The second-order valence-corrected chi connectivity index (χ2v) is 5.81. The van der Waals surface area contributed by atoms with Gasteiger partial charge < -0.3 is 5.73 Å². The van der Waals surface area contributed by atoms with Crippen LogP contribution in [0, 0.1) is 0 Å². The summed E-state index contributed by atoms with van der Waals surface area (Å²) in [6.45, 7) is 10.7. The second-order valence-electron chi connectivity index (χ2n) is 4.21. The molecule has 17 heavy (non-hydrogen) atoms. The monoisotopic (exact) mass is 271 g/mol. The van der Waals surface area contributed by atoms with Gasteiger partial charge in [0.25, 0.3) is 0 Å². The maximum atomic E-state index is 6.39. The van der Waals surface area contributed by atoms with Gasteiger partial charge in [-0.05, 0) is 41.7 Å². The molecule has 0 fully saturated rings. The van der Waals surface area contributed by atoms with E-state index in [9.17, 15) is 0 Å². The third kappa shape index (κ3) is 2.92. The van der Waals surface area contributed by atoms with Crippen molar-refractivity contribution in [3.8, 4) is 0 Å². The lowest BCUT2D eigenvalue weighted by atomic mass is 9.88. The molecule has 3 heteroatoms. The van der Waals surface area contributed by atoms with Crippen LogP contribution in [-0.2, 0) is 0 Å². The molecule has 0 aliphatic heterocycles. The van der Waals surface area contributed by atoms with E-state index in [0.29, 0.717) is 5.25 Å². The van der Waals surface area contributed by atoms with Crippen molar-refractivity contribution in [2.45, 2.75) is 45.3 Å². The van der Waals surface area contributed by atoms with Crippen LogP contribution in [0.3, 0.4) is 0 Å². The van der Waals surface area contributed by atoms with Crippen molar-refractivity contribution in [2.24, 2.45) is 5.73 Å². The lowest BCUT2D eigenvalue weighted by Crippen LogP contribution is -2.22. The summed E-state index contributed by atoms with van der Waals surface area (Å²) in [6, 6.07) is 0. The van der Waals surface area contributed by atoms with Crippen molar-refractivity contribution < 1.29 is 0 Å². The molecule has 1 nitrogen and oxygen atoms in total. The van der Waals surface area contributed by atoms with Crippen LogP contribution in [0.2, 0.25) is 0 Å². The number of thioether (sulfide) groups is 1. The molecule has 0 spiro atoms. The Kier molecular flexibility index (Phi) is 5.68. The van der Waals surface area contributed by atoms with Crippen LogP contribution < -0.4 is 5.73 Å². The zero-order valence-corrected chi connectivity index (χ0v) is 12.5. The molecular weight excluding hydrogens is 250 g/mol. The third-order valence-electron chi connectivity index (χ3n) is 3.09. The summed E-state index contributed by atoms with van der Waals surface area (Å²) >= 11 is 8.32. The second kappa shape index (κ2) is 6.55. The lowest BCUT2D eigenvalue weighted by molar-refractivity contribution is 0.930. The highest BCUT2D eigenvalue weighted by molar-refractivity contribution is 8.00. The summed E-state index contributed by atoms with van der Waals surface area (Å²) in [7, 11) is 0. The fourth-order valence-electron chi connectivity index (χ4n) is 2.16. The van der Waals surface area contributed by atoms with Crippen molar-refractivity contribution in [1.82, 2.24) is 0 Å². The van der Waals surface area contributed by atoms with Crippen molar-refractivity contribution in [1.29, 1.82) is 0 Å². The summed E-state index contributed by atoms with van der Waals surface area (Å²) in [5.41, 5.74) is 10.4. The number of allylic oxidation sites excluding steroid dienone is 2. The van der Waals surface area contributed by atoms with Crippen molar-refractivity contribution in [3.05, 3.63) is 34.0 Å². The first-order valence-electron chi connectivity index (χ1n) is 6.26. The van der Waals surface area contributed by atoms with Crippen LogP contribution >= 0.6 is 23.4 Å². The number of halogens is 1. The minimum absolute atomic E-state index is 0.328. The molecule has 0 saturated heterocycles. The minimum atomic E-state index is 0.328. The molecule has 96 valence electrons. The molecule has 0 amide bonds. The van der Waals surface area contributed by atoms with Crippen LogP contribution in [0.5, 0.6) is 0 Å². The van der Waals surface area contributed by atoms with E-state index < -0.39 is 0 Å². The molecule has 0 aromatic rings. The Morgan fingerprint density at radius 3 is 2.41 bits per heavy atom. The predicted octanol–water partition coefficient (Wildman–Crippen LogP) is 4.59. The van der Waals surface area contributed by atoms with Crippen molar-refractivity contribution >= 4 is 23.4 Å². The Balaban J connectivity index is 3.12. The Bertz CT molecular complexity index is 368. The summed E-state index contributed by atoms with van der Waals surface area (Å²) in [5.74, 6) is 1.13. The van der Waals surface area contributed by atoms with Crippen LogP contribution in [-0.4, -0.2) is 11.0 Å². The van der Waals surface area contributed by atoms with Gasteiger partial charge in [0, 0.05) is 0 Å². The maximum absolute atomic E-state index is 6.39. The standard InChI is InChI=1S/C14H22ClNS/c1-5-8-17-14-9(4)10(6-2)13(16)12(15)11(14)7-3/h14H,4-8,16H2,1-3H3. The normalized spacial score (nSPS) is 21.4. The highest BCUT2D eigenvalue weighted by Crippen LogP contribution is 2.42. The first-order valence-corrected chi connectivity index (χ1v) is 7.69. The van der Waals surface area contributed by atoms with Gasteiger partial charge in [0.15, 0.2) is 0 Å². The van der Waals surface area contributed by atoms with E-state index in [4.69, 9.17) is 17.3 Å². The van der Waals surface area contributed by atoms with Gasteiger partial charge in [-0.1, -0.05) is 39.0 Å². The van der Waals surface area contributed by atoms with E-state index in [2.05, 4.69) is 27.4 Å². The van der Waals surface area contributed by atoms with E-state index in [-0.39, 0.29) is 0 Å². The fourth-order valence-corrected chi connectivity index (χ4v) is 3.88. The molecule has 1 atom stereocenters. The number of rotatable bonds is 5. The molecule has 1 aliphatic carbocycles. The van der Waals surface area contributed by atoms with Crippen LogP contribution in [0.4, 0.5) is 0 Å². The Morgan fingerprint density at radius 1 is 1.29 bits per heavy atom. The van der Waals surface area contributed by atoms with Crippen LogP contribution in [0.25, 0.3) is 0 Å². The van der Waals surface area contributed by atoms with Gasteiger partial charge in [0.2, 0.25) is 0 Å². The van der Waals surface area contributed by atoms with Gasteiger partial charge >= 0.3 is 0 Å². The third-order valence-corrected chi connectivity index (χ3v) is 5.08. The van der Waals surface area contributed by atoms with Crippen LogP contribution in [0.1, 0.15) is 40.0 Å². The Labute approximate surface area is 114 Å². The van der Waals surface area contributed by atoms with E-state index in [1.807, 2.05) is 11.8 Å². The molecular formula is C14H22ClNS. The smallest absolute Gasteiger partial charge is 0.0644 e. The molecule has 0 bridgehead atoms. The summed E-state index contributed by atoms with van der Waals surface area (Å²) < 4.78 is 0. The van der Waals surface area contributed by atoms with Crippen LogP contribution in [0.15, 0.2) is 34.0 Å². The lowest BCUT2D eigenvalue weighted by Gasteiger charge is -2.30. The summed E-state index contributed by atoms with van der Waals surface area (Å²) in [4.78, 5) is 0. The molecule has 0 aromatic carbocycles. The average Bonchev–Trinajstić information content (AvgIpc) is 2.33. The summed E-state index contributed by atoms with van der Waals surface area (Å²) in [5, 5.41) is 1.10. The zero-order chi connectivity index (χ0) is 13.0. The van der Waals surface area contributed by atoms with Crippen molar-refractivity contribution in [3.63, 3.8) is 0 Å². The van der Waals surface area contributed by atoms with E-state index in [0.717, 1.165) is 40.5 Å². The van der Waals surface area contributed by atoms with Gasteiger partial charge in [0.05, 0.1) is 16.0 Å². The quantitative estimate of drug-likeness (QED) is 0.791. The Morgan fingerprint density at radius 2 is 1.94 bits per heavy atom. The molecule has 0 aromatic heterocycles. The molecule has 0 saturated carbocycles. The molecule has 0 radical (unpaired) electrons. The molecule has 1 aliphatic rings. The van der Waals surface area contributed by atoms with E-state index >= 15 is 0 Å². The summed E-state index contributed by atoms with van der Waals surface area (Å²) in [6.07, 6.45) is 3.02. The largest absolute Gasteiger partial charge is 0.397 e. The number of hydrogen-bond acceptors (Lipinski definition) is 2. The van der Waals surface area contributed by atoms with Gasteiger partial charge in [0.1, 0.15) is 0 Å². The first-order chi connectivity index (χ1) is 8.08. The highest BCUT2D eigenvalue weighted by atomic mass is 35.5. The van der Waals surface area contributed by atoms with E-state index in [1.165, 1.54) is 12.0 Å². The van der Waals surface area contributed by atoms with Gasteiger partial charge in [-0.15, -0.1) is 11.8 Å². The molecule has 1 unspecified atom stereocenters. The SMILES string of the molecule is C=C1C(CC)=C(N)C(Cl)=C(CC)C1SCCC. The van der Waals surface area contributed by atoms with Gasteiger partial charge in [-0.25, -0.2) is 0 Å². The fraction of sp³-hybridized carbons (Fsp3) is 0.571. The average molecular weight is 272 g/mol. The molecule has 0 heterocycles. The maximum Gasteiger partial charge on any atom is 0.0644 e. The zero-order valence-electron chi connectivity index (χ0n) is 11.0. The van der Waals surface area contributed by atoms with Gasteiger partial charge in [-0.2, -0.15) is 0 Å². The first kappa shape index (κ1) is 14.7. The highest BCUT2D eigenvalue weighted by Gasteiger charge is 2.28. The molecule has 2 N–H and O–H groups in total. The number of hydrogen-bond donors (Lipinski definition) is 1. The number of nitrogens with two attached hydrogens (primary N) is 1. The Hall–Kier alpha value is -0.340. The van der Waals surface area contributed by atoms with Crippen molar-refractivity contribution in [2.75, 3.05) is 5.75 Å². The minimum Gasteiger partial charge on any atom is -0.397 e. The molecule has 1 rings (SSSR count). The predicted molar refractivity (Wildman–Crippen MR) is 80.4 cm³/mol. The topological polar surface area (TPSA) is 26.0 Å². The van der Waals surface area contributed by atoms with E-state index in [1.54, 1.807) is 0 Å².